The topological polar surface area (TPSA) is 68.0 Å². The highest BCUT2D eigenvalue weighted by molar-refractivity contribution is 7.12. The summed E-state index contributed by atoms with van der Waals surface area (Å²) in [6.45, 7) is 6.10. The van der Waals surface area contributed by atoms with Crippen LogP contribution in [0.25, 0.3) is 0 Å². The van der Waals surface area contributed by atoms with E-state index in [1.807, 2.05) is 6.92 Å². The number of nitrogen functional groups attached to an aromatic ring is 1. The molecule has 0 aliphatic heterocycles. The van der Waals surface area contributed by atoms with Gasteiger partial charge in [0.25, 0.3) is 5.91 Å². The first kappa shape index (κ1) is 13.5. The molecule has 4 nitrogen and oxygen atoms in total. The van der Waals surface area contributed by atoms with Gasteiger partial charge in [-0.15, -0.1) is 11.3 Å². The predicted octanol–water partition coefficient (Wildman–Crippen LogP) is 2.83. The molecule has 0 saturated heterocycles. The van der Waals surface area contributed by atoms with E-state index in [9.17, 15) is 4.79 Å². The first-order chi connectivity index (χ1) is 8.97. The fourth-order valence-electron chi connectivity index (χ4n) is 2.00. The number of hydrogen-bond donors (Lipinski definition) is 2. The van der Waals surface area contributed by atoms with Gasteiger partial charge in [0.1, 0.15) is 5.69 Å². The minimum atomic E-state index is -0.206. The Bertz CT molecular complexity index is 606. The maximum absolute atomic E-state index is 12.1. The number of hydrogen-bond acceptors (Lipinski definition) is 4. The van der Waals surface area contributed by atoms with Crippen molar-refractivity contribution in [3.8, 4) is 0 Å². The number of carbonyl (C=O) groups is 1. The molecule has 0 aromatic carbocycles. The van der Waals surface area contributed by atoms with Gasteiger partial charge < -0.3 is 11.1 Å². The van der Waals surface area contributed by atoms with Crippen molar-refractivity contribution in [2.24, 2.45) is 0 Å². The number of rotatable bonds is 3. The molecule has 100 valence electrons. The molecule has 3 N–H and O–H groups in total. The second kappa shape index (κ2) is 5.40. The van der Waals surface area contributed by atoms with Crippen molar-refractivity contribution in [1.82, 2.24) is 10.3 Å². The molecule has 0 fully saturated rings. The lowest BCUT2D eigenvalue weighted by molar-refractivity contribution is 0.0935. The molecule has 2 aromatic heterocycles. The van der Waals surface area contributed by atoms with Crippen LogP contribution in [0.4, 0.5) is 5.69 Å². The summed E-state index contributed by atoms with van der Waals surface area (Å²) in [6, 6.07) is 5.30. The van der Waals surface area contributed by atoms with Crippen LogP contribution in [0.2, 0.25) is 0 Å². The van der Waals surface area contributed by atoms with Crippen molar-refractivity contribution < 1.29 is 4.79 Å². The number of pyridine rings is 1. The molecule has 1 unspecified atom stereocenters. The quantitative estimate of drug-likeness (QED) is 0.905. The summed E-state index contributed by atoms with van der Waals surface area (Å²) < 4.78 is 0. The minimum Gasteiger partial charge on any atom is -0.399 e. The average molecular weight is 275 g/mol. The molecule has 5 heteroatoms. The van der Waals surface area contributed by atoms with Crippen molar-refractivity contribution in [3.63, 3.8) is 0 Å². The Morgan fingerprint density at radius 2 is 2.16 bits per heavy atom. The van der Waals surface area contributed by atoms with Crippen LogP contribution in [0.5, 0.6) is 0 Å². The van der Waals surface area contributed by atoms with Gasteiger partial charge in [0.15, 0.2) is 0 Å². The number of amides is 1. The first-order valence-electron chi connectivity index (χ1n) is 6.06. The largest absolute Gasteiger partial charge is 0.399 e. The molecule has 0 radical (unpaired) electrons. The van der Waals surface area contributed by atoms with E-state index in [4.69, 9.17) is 5.73 Å². The van der Waals surface area contributed by atoms with E-state index in [-0.39, 0.29) is 11.9 Å². The molecular formula is C14H17N3OS. The average Bonchev–Trinajstić information content (AvgIpc) is 2.68. The molecule has 0 bridgehead atoms. The number of aromatic nitrogens is 1. The van der Waals surface area contributed by atoms with Gasteiger partial charge in [0, 0.05) is 21.6 Å². The van der Waals surface area contributed by atoms with Gasteiger partial charge in [-0.1, -0.05) is 0 Å². The second-order valence-electron chi connectivity index (χ2n) is 4.54. The fraction of sp³-hybridized carbons (Fsp3) is 0.286. The third-order valence-corrected chi connectivity index (χ3v) is 3.89. The number of nitrogens with one attached hydrogen (secondary N) is 1. The number of anilines is 1. The number of thiophene rings is 1. The SMILES string of the molecule is Cc1cc(C(C)NC(=O)c2cc(N)ccn2)c(C)s1. The summed E-state index contributed by atoms with van der Waals surface area (Å²) in [6.07, 6.45) is 1.54. The third-order valence-electron chi connectivity index (χ3n) is 2.91. The summed E-state index contributed by atoms with van der Waals surface area (Å²) in [5, 5.41) is 2.94. The zero-order valence-corrected chi connectivity index (χ0v) is 12.0. The van der Waals surface area contributed by atoms with E-state index in [1.165, 1.54) is 16.0 Å². The number of aryl methyl sites for hydroxylation is 2. The molecule has 0 saturated carbocycles. The van der Waals surface area contributed by atoms with Gasteiger partial charge in [-0.3, -0.25) is 9.78 Å². The van der Waals surface area contributed by atoms with Crippen LogP contribution >= 0.6 is 11.3 Å². The lowest BCUT2D eigenvalue weighted by Gasteiger charge is -2.13. The van der Waals surface area contributed by atoms with Crippen molar-refractivity contribution in [2.75, 3.05) is 5.73 Å². The summed E-state index contributed by atoms with van der Waals surface area (Å²) in [5.41, 5.74) is 7.68. The van der Waals surface area contributed by atoms with Gasteiger partial charge in [0.05, 0.1) is 6.04 Å². The highest BCUT2D eigenvalue weighted by Gasteiger charge is 2.15. The Balaban J connectivity index is 2.13. The Kier molecular flexibility index (Phi) is 3.85. The zero-order valence-electron chi connectivity index (χ0n) is 11.2. The van der Waals surface area contributed by atoms with E-state index in [2.05, 4.69) is 30.2 Å². The van der Waals surface area contributed by atoms with E-state index < -0.39 is 0 Å². The highest BCUT2D eigenvalue weighted by Crippen LogP contribution is 2.26. The van der Waals surface area contributed by atoms with E-state index in [0.717, 1.165) is 5.56 Å². The van der Waals surface area contributed by atoms with Crippen molar-refractivity contribution >= 4 is 22.9 Å². The van der Waals surface area contributed by atoms with Crippen LogP contribution in [0.1, 0.15) is 38.8 Å². The van der Waals surface area contributed by atoms with Crippen LogP contribution < -0.4 is 11.1 Å². The third kappa shape index (κ3) is 3.12. The molecule has 0 aliphatic rings. The lowest BCUT2D eigenvalue weighted by Crippen LogP contribution is -2.27. The lowest BCUT2D eigenvalue weighted by atomic mass is 10.1. The first-order valence-corrected chi connectivity index (χ1v) is 6.88. The fourth-order valence-corrected chi connectivity index (χ4v) is 3.02. The maximum Gasteiger partial charge on any atom is 0.270 e. The van der Waals surface area contributed by atoms with Crippen LogP contribution in [-0.2, 0) is 0 Å². The Morgan fingerprint density at radius 3 is 2.74 bits per heavy atom. The van der Waals surface area contributed by atoms with E-state index >= 15 is 0 Å². The number of nitrogens with two attached hydrogens (primary N) is 1. The highest BCUT2D eigenvalue weighted by atomic mass is 32.1. The predicted molar refractivity (Wildman–Crippen MR) is 78.3 cm³/mol. The van der Waals surface area contributed by atoms with Crippen molar-refractivity contribution in [2.45, 2.75) is 26.8 Å². The molecule has 1 atom stereocenters. The van der Waals surface area contributed by atoms with Crippen molar-refractivity contribution in [3.05, 3.63) is 45.4 Å². The van der Waals surface area contributed by atoms with Gasteiger partial charge in [-0.25, -0.2) is 0 Å². The molecule has 19 heavy (non-hydrogen) atoms. The summed E-state index contributed by atoms with van der Waals surface area (Å²) in [4.78, 5) is 18.6. The number of carbonyl (C=O) groups excluding carboxylic acids is 1. The van der Waals surface area contributed by atoms with Crippen LogP contribution in [0.3, 0.4) is 0 Å². The Morgan fingerprint density at radius 1 is 1.42 bits per heavy atom. The van der Waals surface area contributed by atoms with Gasteiger partial charge in [0.2, 0.25) is 0 Å². The second-order valence-corrected chi connectivity index (χ2v) is 6.00. The molecule has 0 aliphatic carbocycles. The van der Waals surface area contributed by atoms with Gasteiger partial charge in [-0.05, 0) is 44.5 Å². The van der Waals surface area contributed by atoms with Crippen LogP contribution in [-0.4, -0.2) is 10.9 Å². The summed E-state index contributed by atoms with van der Waals surface area (Å²) in [5.74, 6) is -0.206. The Hall–Kier alpha value is -1.88. The van der Waals surface area contributed by atoms with Crippen molar-refractivity contribution in [1.29, 1.82) is 0 Å². The molecule has 1 amide bonds. The summed E-state index contributed by atoms with van der Waals surface area (Å²) >= 11 is 1.74. The monoisotopic (exact) mass is 275 g/mol. The zero-order chi connectivity index (χ0) is 14.0. The molecular weight excluding hydrogens is 258 g/mol. The number of nitrogens with zero attached hydrogens (tertiary/aromatic N) is 1. The normalized spacial score (nSPS) is 12.2. The molecule has 2 aromatic rings. The molecule has 2 rings (SSSR count). The van der Waals surface area contributed by atoms with Gasteiger partial charge in [-0.2, -0.15) is 0 Å². The molecule has 2 heterocycles. The maximum atomic E-state index is 12.1. The van der Waals surface area contributed by atoms with E-state index in [0.29, 0.717) is 11.4 Å². The van der Waals surface area contributed by atoms with Crippen LogP contribution in [0.15, 0.2) is 24.4 Å². The van der Waals surface area contributed by atoms with Crippen LogP contribution in [0, 0.1) is 13.8 Å². The smallest absolute Gasteiger partial charge is 0.270 e. The van der Waals surface area contributed by atoms with Gasteiger partial charge >= 0.3 is 0 Å². The Labute approximate surface area is 116 Å². The standard InChI is InChI=1S/C14H17N3OS/c1-8-6-12(10(3)19-8)9(2)17-14(18)13-7-11(15)4-5-16-13/h4-7,9H,1-3H3,(H2,15,16)(H,17,18). The summed E-state index contributed by atoms with van der Waals surface area (Å²) in [7, 11) is 0. The minimum absolute atomic E-state index is 0.0410. The molecule has 0 spiro atoms. The van der Waals surface area contributed by atoms with E-state index in [1.54, 1.807) is 23.5 Å².